The molecule has 1 atom stereocenters. The lowest BCUT2D eigenvalue weighted by atomic mass is 9.81. The van der Waals surface area contributed by atoms with Gasteiger partial charge in [-0.3, -0.25) is 9.69 Å². The van der Waals surface area contributed by atoms with E-state index in [0.29, 0.717) is 18.8 Å². The lowest BCUT2D eigenvalue weighted by Crippen LogP contribution is -2.48. The minimum absolute atomic E-state index is 0.205. The predicted octanol–water partition coefficient (Wildman–Crippen LogP) is 1.66. The molecule has 1 aromatic carbocycles. The van der Waals surface area contributed by atoms with Crippen LogP contribution >= 0.6 is 0 Å². The van der Waals surface area contributed by atoms with Crippen molar-refractivity contribution >= 4 is 11.9 Å². The van der Waals surface area contributed by atoms with Crippen LogP contribution in [0.5, 0.6) is 0 Å². The van der Waals surface area contributed by atoms with Crippen LogP contribution in [0.3, 0.4) is 0 Å². The number of carboxylic acid groups (broad SMARTS) is 1. The summed E-state index contributed by atoms with van der Waals surface area (Å²) >= 11 is 0. The Bertz CT molecular complexity index is 801. The largest absolute Gasteiger partial charge is 0.478 e. The number of hydrogen-bond acceptors (Lipinski definition) is 4. The van der Waals surface area contributed by atoms with Gasteiger partial charge in [0.2, 0.25) is 5.91 Å². The standard InChI is InChI=1S/C18H22N4O3/c1-18(17(19)25)7-4-8-21(12-18)10-13-9-20-22(11-13)15-6-3-2-5-14(15)16(23)24/h2-3,5-6,9,11H,4,7-8,10,12H2,1H3,(H2,19,25)(H,23,24)/t18-/m0/s1. The van der Waals surface area contributed by atoms with Gasteiger partial charge < -0.3 is 10.8 Å². The summed E-state index contributed by atoms with van der Waals surface area (Å²) in [5, 5.41) is 13.6. The zero-order valence-corrected chi connectivity index (χ0v) is 14.2. The number of nitrogens with zero attached hydrogens (tertiary/aromatic N) is 3. The van der Waals surface area contributed by atoms with E-state index in [1.807, 2.05) is 13.1 Å². The highest BCUT2D eigenvalue weighted by molar-refractivity contribution is 5.91. The predicted molar refractivity (Wildman–Crippen MR) is 92.3 cm³/mol. The van der Waals surface area contributed by atoms with Gasteiger partial charge in [-0.05, 0) is 38.4 Å². The molecular formula is C18H22N4O3. The average molecular weight is 342 g/mol. The maximum Gasteiger partial charge on any atom is 0.337 e. The van der Waals surface area contributed by atoms with Gasteiger partial charge in [-0.2, -0.15) is 5.10 Å². The fourth-order valence-electron chi connectivity index (χ4n) is 3.37. The molecule has 2 aromatic rings. The Balaban J connectivity index is 1.77. The molecule has 1 aliphatic heterocycles. The van der Waals surface area contributed by atoms with E-state index in [4.69, 9.17) is 5.73 Å². The van der Waals surface area contributed by atoms with Crippen LogP contribution in [0.2, 0.25) is 0 Å². The Kier molecular flexibility index (Phi) is 4.59. The van der Waals surface area contributed by atoms with E-state index >= 15 is 0 Å². The van der Waals surface area contributed by atoms with Crippen LogP contribution in [0, 0.1) is 5.41 Å². The lowest BCUT2D eigenvalue weighted by molar-refractivity contribution is -0.129. The second kappa shape index (κ2) is 6.68. The van der Waals surface area contributed by atoms with Crippen LogP contribution in [0.1, 0.15) is 35.7 Å². The van der Waals surface area contributed by atoms with Crippen molar-refractivity contribution in [2.45, 2.75) is 26.3 Å². The number of carbonyl (C=O) groups is 2. The van der Waals surface area contributed by atoms with E-state index in [9.17, 15) is 14.7 Å². The Morgan fingerprint density at radius 3 is 2.84 bits per heavy atom. The molecule has 25 heavy (non-hydrogen) atoms. The van der Waals surface area contributed by atoms with Gasteiger partial charge in [0, 0.05) is 24.8 Å². The highest BCUT2D eigenvalue weighted by atomic mass is 16.4. The first-order chi connectivity index (χ1) is 11.9. The van der Waals surface area contributed by atoms with Crippen LogP contribution in [0.25, 0.3) is 5.69 Å². The molecule has 1 amide bonds. The number of aromatic nitrogens is 2. The normalized spacial score (nSPS) is 21.2. The Morgan fingerprint density at radius 1 is 1.36 bits per heavy atom. The Labute approximate surface area is 146 Å². The number of likely N-dealkylation sites (tertiary alicyclic amines) is 1. The zero-order chi connectivity index (χ0) is 18.0. The van der Waals surface area contributed by atoms with Crippen LogP contribution in [-0.4, -0.2) is 44.8 Å². The quantitative estimate of drug-likeness (QED) is 0.860. The minimum atomic E-state index is -0.985. The third-order valence-electron chi connectivity index (χ3n) is 4.79. The van der Waals surface area contributed by atoms with Crippen LogP contribution in [-0.2, 0) is 11.3 Å². The van der Waals surface area contributed by atoms with E-state index < -0.39 is 11.4 Å². The number of benzene rings is 1. The molecule has 0 bridgehead atoms. The first-order valence-electron chi connectivity index (χ1n) is 8.27. The fourth-order valence-corrected chi connectivity index (χ4v) is 3.37. The second-order valence-corrected chi connectivity index (χ2v) is 6.85. The molecule has 132 valence electrons. The Morgan fingerprint density at radius 2 is 2.12 bits per heavy atom. The summed E-state index contributed by atoms with van der Waals surface area (Å²) in [5.74, 6) is -1.25. The van der Waals surface area contributed by atoms with Crippen LogP contribution in [0.15, 0.2) is 36.7 Å². The summed E-state index contributed by atoms with van der Waals surface area (Å²) in [6.45, 7) is 4.09. The van der Waals surface area contributed by atoms with Gasteiger partial charge in [-0.1, -0.05) is 12.1 Å². The molecule has 0 unspecified atom stereocenters. The molecule has 1 aromatic heterocycles. The topological polar surface area (TPSA) is 101 Å². The molecule has 7 nitrogen and oxygen atoms in total. The van der Waals surface area contributed by atoms with Crippen LogP contribution in [0.4, 0.5) is 0 Å². The van der Waals surface area contributed by atoms with Gasteiger partial charge in [0.05, 0.1) is 22.9 Å². The van der Waals surface area contributed by atoms with Gasteiger partial charge in [0.1, 0.15) is 0 Å². The number of amides is 1. The average Bonchev–Trinajstić information content (AvgIpc) is 3.03. The number of hydrogen-bond donors (Lipinski definition) is 2. The van der Waals surface area contributed by atoms with Gasteiger partial charge in [0.25, 0.3) is 0 Å². The van der Waals surface area contributed by atoms with E-state index in [0.717, 1.165) is 24.9 Å². The van der Waals surface area contributed by atoms with Crippen molar-refractivity contribution in [2.24, 2.45) is 11.1 Å². The monoisotopic (exact) mass is 342 g/mol. The molecule has 3 rings (SSSR count). The minimum Gasteiger partial charge on any atom is -0.478 e. The molecule has 0 spiro atoms. The van der Waals surface area contributed by atoms with Crippen LogP contribution < -0.4 is 5.73 Å². The number of rotatable bonds is 5. The fraction of sp³-hybridized carbons (Fsp3) is 0.389. The molecule has 1 fully saturated rings. The first kappa shape index (κ1) is 17.2. The van der Waals surface area contributed by atoms with Gasteiger partial charge in [-0.25, -0.2) is 9.48 Å². The number of primary amides is 1. The number of aromatic carboxylic acids is 1. The number of para-hydroxylation sites is 1. The number of piperidine rings is 1. The number of nitrogens with two attached hydrogens (primary N) is 1. The van der Waals surface area contributed by atoms with Crippen molar-refractivity contribution in [3.05, 3.63) is 47.8 Å². The van der Waals surface area contributed by atoms with E-state index in [-0.39, 0.29) is 11.5 Å². The Hall–Kier alpha value is -2.67. The SMILES string of the molecule is C[C@]1(C(N)=O)CCCN(Cc2cnn(-c3ccccc3C(=O)O)c2)C1. The summed E-state index contributed by atoms with van der Waals surface area (Å²) in [5.41, 5.74) is 6.75. The van der Waals surface area contributed by atoms with Crippen molar-refractivity contribution in [1.29, 1.82) is 0 Å². The first-order valence-corrected chi connectivity index (χ1v) is 8.27. The van der Waals surface area contributed by atoms with Crippen molar-refractivity contribution in [3.8, 4) is 5.69 Å². The summed E-state index contributed by atoms with van der Waals surface area (Å²) in [6, 6.07) is 6.76. The van der Waals surface area contributed by atoms with Crippen molar-refractivity contribution in [1.82, 2.24) is 14.7 Å². The molecule has 2 heterocycles. The van der Waals surface area contributed by atoms with Gasteiger partial charge >= 0.3 is 5.97 Å². The van der Waals surface area contributed by atoms with Crippen molar-refractivity contribution in [2.75, 3.05) is 13.1 Å². The summed E-state index contributed by atoms with van der Waals surface area (Å²) in [7, 11) is 0. The number of carbonyl (C=O) groups excluding carboxylic acids is 1. The summed E-state index contributed by atoms with van der Waals surface area (Å²) in [4.78, 5) is 25.2. The molecule has 3 N–H and O–H groups in total. The van der Waals surface area contributed by atoms with Gasteiger partial charge in [0.15, 0.2) is 0 Å². The third-order valence-corrected chi connectivity index (χ3v) is 4.79. The second-order valence-electron chi connectivity index (χ2n) is 6.85. The third kappa shape index (κ3) is 3.56. The molecule has 1 aliphatic rings. The van der Waals surface area contributed by atoms with Crippen molar-refractivity contribution in [3.63, 3.8) is 0 Å². The highest BCUT2D eigenvalue weighted by Crippen LogP contribution is 2.29. The highest BCUT2D eigenvalue weighted by Gasteiger charge is 2.36. The number of carboxylic acids is 1. The van der Waals surface area contributed by atoms with Crippen molar-refractivity contribution < 1.29 is 14.7 Å². The molecule has 0 aliphatic carbocycles. The van der Waals surface area contributed by atoms with E-state index in [2.05, 4.69) is 10.00 Å². The lowest BCUT2D eigenvalue weighted by Gasteiger charge is -2.38. The zero-order valence-electron chi connectivity index (χ0n) is 14.2. The molecular weight excluding hydrogens is 320 g/mol. The maximum absolute atomic E-state index is 11.7. The summed E-state index contributed by atoms with van der Waals surface area (Å²) in [6.07, 6.45) is 5.30. The molecule has 7 heteroatoms. The molecule has 1 saturated heterocycles. The smallest absolute Gasteiger partial charge is 0.337 e. The maximum atomic E-state index is 11.7. The molecule has 0 saturated carbocycles. The van der Waals surface area contributed by atoms with Gasteiger partial charge in [-0.15, -0.1) is 0 Å². The van der Waals surface area contributed by atoms with E-state index in [1.165, 1.54) is 0 Å². The molecule has 0 radical (unpaired) electrons. The van der Waals surface area contributed by atoms with E-state index in [1.54, 1.807) is 35.1 Å². The summed E-state index contributed by atoms with van der Waals surface area (Å²) < 4.78 is 1.58.